The van der Waals surface area contributed by atoms with Crippen molar-refractivity contribution >= 4 is 16.5 Å². The molecule has 3 unspecified atom stereocenters. The van der Waals surface area contributed by atoms with Crippen LogP contribution in [0.4, 0.5) is 0 Å². The number of hydrogen-bond acceptors (Lipinski definition) is 1. The highest BCUT2D eigenvalue weighted by atomic mass is 14.7. The molecule has 1 fully saturated rings. The zero-order chi connectivity index (χ0) is 20.3. The number of fused-ring (bicyclic) bond motifs is 1. The Kier molecular flexibility index (Phi) is 6.54. The molecule has 3 atom stereocenters. The molecule has 1 aromatic carbocycles. The van der Waals surface area contributed by atoms with Gasteiger partial charge >= 0.3 is 0 Å². The van der Waals surface area contributed by atoms with Crippen molar-refractivity contribution in [2.24, 2.45) is 17.8 Å². The van der Waals surface area contributed by atoms with Crippen LogP contribution in [0.3, 0.4) is 0 Å². The highest BCUT2D eigenvalue weighted by molar-refractivity contribution is 5.86. The van der Waals surface area contributed by atoms with E-state index < -0.39 is 0 Å². The Morgan fingerprint density at radius 2 is 1.86 bits per heavy atom. The molecule has 1 aliphatic carbocycles. The molecule has 1 heteroatoms. The summed E-state index contributed by atoms with van der Waals surface area (Å²) in [6.07, 6.45) is 10.1. The fraction of sp³-hybridized carbons (Fsp3) is 0.444. The van der Waals surface area contributed by atoms with Crippen LogP contribution in [0.15, 0.2) is 55.1 Å². The second-order valence-corrected chi connectivity index (χ2v) is 8.18. The Morgan fingerprint density at radius 1 is 1.14 bits per heavy atom. The molecule has 0 N–H and O–H groups in total. The van der Waals surface area contributed by atoms with Crippen molar-refractivity contribution < 1.29 is 0 Å². The van der Waals surface area contributed by atoms with Crippen molar-refractivity contribution in [2.75, 3.05) is 0 Å². The molecule has 0 saturated heterocycles. The van der Waals surface area contributed by atoms with Gasteiger partial charge in [0.1, 0.15) is 0 Å². The van der Waals surface area contributed by atoms with E-state index in [1.54, 1.807) is 0 Å². The summed E-state index contributed by atoms with van der Waals surface area (Å²) >= 11 is 0. The minimum absolute atomic E-state index is 0.479. The van der Waals surface area contributed by atoms with Gasteiger partial charge in [0.2, 0.25) is 0 Å². The lowest BCUT2D eigenvalue weighted by molar-refractivity contribution is 0.289. The summed E-state index contributed by atoms with van der Waals surface area (Å²) < 4.78 is 0. The predicted octanol–water partition coefficient (Wildman–Crippen LogP) is 7.56. The third-order valence-corrected chi connectivity index (χ3v) is 6.66. The highest BCUT2D eigenvalue weighted by Crippen LogP contribution is 2.42. The van der Waals surface area contributed by atoms with Crippen molar-refractivity contribution in [2.45, 2.75) is 59.8 Å². The SMILES string of the molecule is C=CC1CCC(=C)C(CC)C1/C=C(\C)c1nc2ccccc2c(CC)c1CC. The zero-order valence-corrected chi connectivity index (χ0v) is 18.1. The summed E-state index contributed by atoms with van der Waals surface area (Å²) in [4.78, 5) is 5.12. The van der Waals surface area contributed by atoms with Crippen LogP contribution in [0.2, 0.25) is 0 Å². The average Bonchev–Trinajstić information content (AvgIpc) is 2.72. The minimum atomic E-state index is 0.479. The van der Waals surface area contributed by atoms with Gasteiger partial charge in [-0.1, -0.05) is 63.3 Å². The van der Waals surface area contributed by atoms with Gasteiger partial charge in [0.15, 0.2) is 0 Å². The fourth-order valence-corrected chi connectivity index (χ4v) is 5.17. The molecule has 1 saturated carbocycles. The summed E-state index contributed by atoms with van der Waals surface area (Å²) in [7, 11) is 0. The zero-order valence-electron chi connectivity index (χ0n) is 18.1. The molecule has 0 spiro atoms. The van der Waals surface area contributed by atoms with Crippen molar-refractivity contribution in [3.8, 4) is 0 Å². The summed E-state index contributed by atoms with van der Waals surface area (Å²) in [5.41, 5.74) is 7.88. The van der Waals surface area contributed by atoms with Crippen molar-refractivity contribution in [1.82, 2.24) is 4.98 Å². The van der Waals surface area contributed by atoms with E-state index in [2.05, 4.69) is 77.3 Å². The molecule has 0 bridgehead atoms. The Bertz CT molecular complexity index is 902. The van der Waals surface area contributed by atoms with E-state index in [4.69, 9.17) is 4.98 Å². The van der Waals surface area contributed by atoms with Crippen LogP contribution in [0.5, 0.6) is 0 Å². The van der Waals surface area contributed by atoms with Gasteiger partial charge in [-0.3, -0.25) is 0 Å². The highest BCUT2D eigenvalue weighted by Gasteiger charge is 2.31. The summed E-state index contributed by atoms with van der Waals surface area (Å²) in [6, 6.07) is 8.58. The van der Waals surface area contributed by atoms with E-state index in [0.29, 0.717) is 17.8 Å². The summed E-state index contributed by atoms with van der Waals surface area (Å²) in [6.45, 7) is 17.6. The minimum Gasteiger partial charge on any atom is -0.248 e. The van der Waals surface area contributed by atoms with E-state index in [1.807, 2.05) is 0 Å². The molecular formula is C27H35N. The molecule has 0 aliphatic heterocycles. The first-order valence-electron chi connectivity index (χ1n) is 10.9. The molecule has 28 heavy (non-hydrogen) atoms. The topological polar surface area (TPSA) is 12.9 Å². The number of rotatable bonds is 6. The first-order valence-corrected chi connectivity index (χ1v) is 10.9. The summed E-state index contributed by atoms with van der Waals surface area (Å²) in [5.74, 6) is 1.55. The largest absolute Gasteiger partial charge is 0.248 e. The van der Waals surface area contributed by atoms with Gasteiger partial charge in [-0.2, -0.15) is 0 Å². The fourth-order valence-electron chi connectivity index (χ4n) is 5.17. The quantitative estimate of drug-likeness (QED) is 0.476. The maximum Gasteiger partial charge on any atom is 0.0712 e. The molecule has 1 aromatic heterocycles. The molecule has 3 rings (SSSR count). The first-order chi connectivity index (χ1) is 13.5. The molecule has 0 amide bonds. The Hall–Kier alpha value is -2.15. The van der Waals surface area contributed by atoms with Crippen molar-refractivity contribution in [3.05, 3.63) is 72.0 Å². The smallest absolute Gasteiger partial charge is 0.0712 e. The average molecular weight is 374 g/mol. The van der Waals surface area contributed by atoms with E-state index in [1.165, 1.54) is 39.8 Å². The van der Waals surface area contributed by atoms with Crippen molar-refractivity contribution in [1.29, 1.82) is 0 Å². The molecule has 1 aliphatic rings. The number of benzene rings is 1. The lowest BCUT2D eigenvalue weighted by Gasteiger charge is -2.37. The van der Waals surface area contributed by atoms with Crippen LogP contribution in [0, 0.1) is 17.8 Å². The van der Waals surface area contributed by atoms with Crippen LogP contribution in [-0.4, -0.2) is 4.98 Å². The predicted molar refractivity (Wildman–Crippen MR) is 123 cm³/mol. The second kappa shape index (κ2) is 8.90. The number of hydrogen-bond donors (Lipinski definition) is 0. The van der Waals surface area contributed by atoms with Gasteiger partial charge in [0.05, 0.1) is 11.2 Å². The Balaban J connectivity index is 2.14. The van der Waals surface area contributed by atoms with Gasteiger partial charge in [-0.15, -0.1) is 6.58 Å². The maximum atomic E-state index is 5.12. The number of pyridine rings is 1. The molecule has 1 nitrogen and oxygen atoms in total. The molecule has 1 heterocycles. The lowest BCUT2D eigenvalue weighted by atomic mass is 9.68. The number of nitrogens with zero attached hydrogens (tertiary/aromatic N) is 1. The van der Waals surface area contributed by atoms with Crippen LogP contribution >= 0.6 is 0 Å². The molecular weight excluding hydrogens is 338 g/mol. The van der Waals surface area contributed by atoms with Gasteiger partial charge in [0.25, 0.3) is 0 Å². The lowest BCUT2D eigenvalue weighted by Crippen LogP contribution is -2.27. The van der Waals surface area contributed by atoms with Crippen LogP contribution in [-0.2, 0) is 12.8 Å². The van der Waals surface area contributed by atoms with Crippen molar-refractivity contribution in [3.63, 3.8) is 0 Å². The van der Waals surface area contributed by atoms with Gasteiger partial charge < -0.3 is 0 Å². The first kappa shape index (κ1) is 20.6. The number of aryl methyl sites for hydroxylation is 1. The third kappa shape index (κ3) is 3.72. The normalized spacial score (nSPS) is 23.2. The third-order valence-electron chi connectivity index (χ3n) is 6.66. The monoisotopic (exact) mass is 373 g/mol. The van der Waals surface area contributed by atoms with Crippen LogP contribution < -0.4 is 0 Å². The van der Waals surface area contributed by atoms with E-state index >= 15 is 0 Å². The Morgan fingerprint density at radius 3 is 2.50 bits per heavy atom. The second-order valence-electron chi connectivity index (χ2n) is 8.18. The van der Waals surface area contributed by atoms with Crippen LogP contribution in [0.25, 0.3) is 16.5 Å². The standard InChI is InChI=1S/C27H35N/c1-7-20-16-15-18(5)21(8-2)25(20)17-19(6)27-23(10-4)22(9-3)24-13-11-12-14-26(24)28-27/h7,11-14,17,20-21,25H,1,5,8-10,15-16H2,2-4,6H3/b19-17+. The van der Waals surface area contributed by atoms with E-state index in [9.17, 15) is 0 Å². The number of allylic oxidation sites excluding steroid dienone is 4. The number of aromatic nitrogens is 1. The molecule has 0 radical (unpaired) electrons. The molecule has 148 valence electrons. The van der Waals surface area contributed by atoms with Gasteiger partial charge in [-0.25, -0.2) is 4.98 Å². The molecule has 2 aromatic rings. The number of para-hydroxylation sites is 1. The Labute approximate surface area is 171 Å². The summed E-state index contributed by atoms with van der Waals surface area (Å²) in [5, 5.41) is 1.31. The van der Waals surface area contributed by atoms with Gasteiger partial charge in [0, 0.05) is 5.39 Å². The van der Waals surface area contributed by atoms with Gasteiger partial charge in [-0.05, 0) is 79.5 Å². The van der Waals surface area contributed by atoms with E-state index in [0.717, 1.165) is 31.2 Å². The van der Waals surface area contributed by atoms with Crippen LogP contribution in [0.1, 0.15) is 63.8 Å². The maximum absolute atomic E-state index is 5.12. The van der Waals surface area contributed by atoms with E-state index in [-0.39, 0.29) is 0 Å².